The van der Waals surface area contributed by atoms with Crippen LogP contribution in [-0.4, -0.2) is 46.1 Å². The predicted octanol–water partition coefficient (Wildman–Crippen LogP) is 3.78. The van der Waals surface area contributed by atoms with Gasteiger partial charge in [-0.3, -0.25) is 14.3 Å². The Balaban J connectivity index is 1.58. The second-order valence-electron chi connectivity index (χ2n) is 8.42. The summed E-state index contributed by atoms with van der Waals surface area (Å²) in [5.41, 5.74) is 3.17. The van der Waals surface area contributed by atoms with E-state index in [1.807, 2.05) is 44.3 Å². The number of aromatic nitrogens is 2. The molecular formula is C26H30N4O2. The Labute approximate surface area is 189 Å². The number of hydrogen-bond acceptors (Lipinski definition) is 3. The molecular weight excluding hydrogens is 400 g/mol. The lowest BCUT2D eigenvalue weighted by Crippen LogP contribution is -2.45. The summed E-state index contributed by atoms with van der Waals surface area (Å²) >= 11 is 0. The fourth-order valence-corrected chi connectivity index (χ4v) is 4.50. The Morgan fingerprint density at radius 3 is 2.53 bits per heavy atom. The first-order valence-corrected chi connectivity index (χ1v) is 11.3. The second-order valence-corrected chi connectivity index (χ2v) is 8.42. The largest absolute Gasteiger partial charge is 0.356 e. The molecule has 0 bridgehead atoms. The molecule has 2 aromatic carbocycles. The van der Waals surface area contributed by atoms with E-state index < -0.39 is 5.41 Å². The maximum atomic E-state index is 13.2. The van der Waals surface area contributed by atoms with Gasteiger partial charge in [-0.25, -0.2) is 0 Å². The SMILES string of the molecule is CCNC(=O)[C@]1(Cc2cccc(-c3ccccc3)c2)CCN(C(=O)c2ccn(CC)n2)C1. The van der Waals surface area contributed by atoms with Crippen molar-refractivity contribution in [2.75, 3.05) is 19.6 Å². The summed E-state index contributed by atoms with van der Waals surface area (Å²) in [6, 6.07) is 20.3. The Kier molecular flexibility index (Phi) is 6.40. The fraction of sp³-hybridized carbons (Fsp3) is 0.346. The maximum absolute atomic E-state index is 13.2. The van der Waals surface area contributed by atoms with E-state index in [1.165, 1.54) is 0 Å². The first-order chi connectivity index (χ1) is 15.5. The third-order valence-electron chi connectivity index (χ3n) is 6.22. The van der Waals surface area contributed by atoms with Gasteiger partial charge >= 0.3 is 0 Å². The number of rotatable bonds is 7. The average molecular weight is 431 g/mol. The summed E-state index contributed by atoms with van der Waals surface area (Å²) in [7, 11) is 0. The summed E-state index contributed by atoms with van der Waals surface area (Å²) in [5, 5.41) is 7.37. The van der Waals surface area contributed by atoms with Gasteiger partial charge in [0.05, 0.1) is 5.41 Å². The normalized spacial score (nSPS) is 18.0. The summed E-state index contributed by atoms with van der Waals surface area (Å²) in [6.07, 6.45) is 3.04. The van der Waals surface area contributed by atoms with E-state index in [4.69, 9.17) is 0 Å². The van der Waals surface area contributed by atoms with Crippen LogP contribution in [0.1, 0.15) is 36.3 Å². The number of amides is 2. The summed E-state index contributed by atoms with van der Waals surface area (Å²) in [4.78, 5) is 28.0. The van der Waals surface area contributed by atoms with Crippen molar-refractivity contribution in [3.8, 4) is 11.1 Å². The van der Waals surface area contributed by atoms with E-state index in [1.54, 1.807) is 15.6 Å². The molecule has 166 valence electrons. The Bertz CT molecular complexity index is 1090. The van der Waals surface area contributed by atoms with Crippen molar-refractivity contribution in [3.05, 3.63) is 78.1 Å². The van der Waals surface area contributed by atoms with Gasteiger partial charge in [-0.15, -0.1) is 0 Å². The molecule has 6 nitrogen and oxygen atoms in total. The number of aryl methyl sites for hydroxylation is 1. The second kappa shape index (κ2) is 9.39. The first kappa shape index (κ1) is 21.8. The Morgan fingerprint density at radius 2 is 1.81 bits per heavy atom. The molecule has 1 aliphatic rings. The van der Waals surface area contributed by atoms with Crippen molar-refractivity contribution in [3.63, 3.8) is 0 Å². The minimum atomic E-state index is -0.645. The molecule has 1 aromatic heterocycles. The van der Waals surface area contributed by atoms with Crippen LogP contribution in [0.4, 0.5) is 0 Å². The number of likely N-dealkylation sites (tertiary alicyclic amines) is 1. The molecule has 4 rings (SSSR count). The molecule has 1 N–H and O–H groups in total. The zero-order chi connectivity index (χ0) is 22.6. The molecule has 2 heterocycles. The van der Waals surface area contributed by atoms with Crippen molar-refractivity contribution in [1.82, 2.24) is 20.0 Å². The highest BCUT2D eigenvalue weighted by Crippen LogP contribution is 2.36. The van der Waals surface area contributed by atoms with E-state index in [-0.39, 0.29) is 11.8 Å². The quantitative estimate of drug-likeness (QED) is 0.620. The number of hydrogen-bond donors (Lipinski definition) is 1. The van der Waals surface area contributed by atoms with Gasteiger partial charge < -0.3 is 10.2 Å². The van der Waals surface area contributed by atoms with Crippen LogP contribution in [0, 0.1) is 5.41 Å². The number of carbonyl (C=O) groups is 2. The van der Waals surface area contributed by atoms with Gasteiger partial charge in [-0.2, -0.15) is 5.10 Å². The van der Waals surface area contributed by atoms with E-state index >= 15 is 0 Å². The fourth-order valence-electron chi connectivity index (χ4n) is 4.50. The molecule has 0 spiro atoms. The zero-order valence-corrected chi connectivity index (χ0v) is 18.8. The topological polar surface area (TPSA) is 67.2 Å². The van der Waals surface area contributed by atoms with Gasteiger partial charge in [-0.05, 0) is 49.4 Å². The lowest BCUT2D eigenvalue weighted by Gasteiger charge is -2.28. The third kappa shape index (κ3) is 4.44. The van der Waals surface area contributed by atoms with Crippen LogP contribution in [0.3, 0.4) is 0 Å². The van der Waals surface area contributed by atoms with Crippen molar-refractivity contribution >= 4 is 11.8 Å². The number of carbonyl (C=O) groups excluding carboxylic acids is 2. The van der Waals surface area contributed by atoms with Crippen molar-refractivity contribution in [1.29, 1.82) is 0 Å². The number of benzene rings is 2. The molecule has 32 heavy (non-hydrogen) atoms. The molecule has 0 aliphatic carbocycles. The monoisotopic (exact) mass is 430 g/mol. The number of nitrogens with zero attached hydrogens (tertiary/aromatic N) is 3. The molecule has 1 aliphatic heterocycles. The first-order valence-electron chi connectivity index (χ1n) is 11.3. The van der Waals surface area contributed by atoms with E-state index in [0.717, 1.165) is 16.7 Å². The van der Waals surface area contributed by atoms with Crippen LogP contribution in [0.25, 0.3) is 11.1 Å². The van der Waals surface area contributed by atoms with Gasteiger partial charge in [0.2, 0.25) is 5.91 Å². The molecule has 0 saturated carbocycles. The highest BCUT2D eigenvalue weighted by molar-refractivity contribution is 5.93. The highest BCUT2D eigenvalue weighted by atomic mass is 16.2. The van der Waals surface area contributed by atoms with Crippen LogP contribution >= 0.6 is 0 Å². The lowest BCUT2D eigenvalue weighted by atomic mass is 9.79. The molecule has 0 radical (unpaired) electrons. The maximum Gasteiger partial charge on any atom is 0.274 e. The predicted molar refractivity (Wildman–Crippen MR) is 125 cm³/mol. The van der Waals surface area contributed by atoms with E-state index in [0.29, 0.717) is 44.7 Å². The molecule has 1 fully saturated rings. The Hall–Kier alpha value is -3.41. The summed E-state index contributed by atoms with van der Waals surface area (Å²) < 4.78 is 1.75. The van der Waals surface area contributed by atoms with Crippen molar-refractivity contribution < 1.29 is 9.59 Å². The van der Waals surface area contributed by atoms with Gasteiger partial charge in [-0.1, -0.05) is 54.6 Å². The Morgan fingerprint density at radius 1 is 1.03 bits per heavy atom. The van der Waals surface area contributed by atoms with Crippen molar-refractivity contribution in [2.45, 2.75) is 33.2 Å². The minimum Gasteiger partial charge on any atom is -0.356 e. The highest BCUT2D eigenvalue weighted by Gasteiger charge is 2.46. The summed E-state index contributed by atoms with van der Waals surface area (Å²) in [6.45, 7) is 6.14. The molecule has 0 unspecified atom stereocenters. The molecule has 1 saturated heterocycles. The standard InChI is InChI=1S/C26H30N4O2/c1-3-27-25(32)26(14-16-29(19-26)24(31)23-13-15-30(4-2)28-23)18-20-9-8-12-22(17-20)21-10-6-5-7-11-21/h5-13,15,17H,3-4,14,16,18-19H2,1-2H3,(H,27,32)/t26-/m0/s1. The van der Waals surface area contributed by atoms with Gasteiger partial charge in [0.1, 0.15) is 5.69 Å². The van der Waals surface area contributed by atoms with Crippen LogP contribution in [0.2, 0.25) is 0 Å². The van der Waals surface area contributed by atoms with E-state index in [2.05, 4.69) is 40.7 Å². The minimum absolute atomic E-state index is 0.0134. The smallest absolute Gasteiger partial charge is 0.274 e. The third-order valence-corrected chi connectivity index (χ3v) is 6.22. The molecule has 3 aromatic rings. The number of nitrogens with one attached hydrogen (secondary N) is 1. The zero-order valence-electron chi connectivity index (χ0n) is 18.8. The van der Waals surface area contributed by atoms with Gasteiger partial charge in [0.15, 0.2) is 0 Å². The molecule has 2 amide bonds. The van der Waals surface area contributed by atoms with Crippen LogP contribution in [0.15, 0.2) is 66.9 Å². The van der Waals surface area contributed by atoms with Crippen LogP contribution in [0.5, 0.6) is 0 Å². The van der Waals surface area contributed by atoms with Gasteiger partial charge in [0, 0.05) is 32.4 Å². The molecule has 6 heteroatoms. The van der Waals surface area contributed by atoms with Crippen LogP contribution in [-0.2, 0) is 17.8 Å². The lowest BCUT2D eigenvalue weighted by molar-refractivity contribution is -0.130. The van der Waals surface area contributed by atoms with Gasteiger partial charge in [0.25, 0.3) is 5.91 Å². The van der Waals surface area contributed by atoms with E-state index in [9.17, 15) is 9.59 Å². The van der Waals surface area contributed by atoms with Crippen LogP contribution < -0.4 is 5.32 Å². The average Bonchev–Trinajstić information content (AvgIpc) is 3.48. The summed E-state index contributed by atoms with van der Waals surface area (Å²) in [5.74, 6) is -0.0964. The van der Waals surface area contributed by atoms with Crippen molar-refractivity contribution in [2.24, 2.45) is 5.41 Å². The molecule has 1 atom stereocenters.